The van der Waals surface area contributed by atoms with Crippen LogP contribution in [0.2, 0.25) is 0 Å². The molecule has 0 spiro atoms. The average molecular weight is 231 g/mol. The summed E-state index contributed by atoms with van der Waals surface area (Å²) in [4.78, 5) is 0. The van der Waals surface area contributed by atoms with Crippen LogP contribution in [-0.4, -0.2) is 11.7 Å². The summed E-state index contributed by atoms with van der Waals surface area (Å²) in [5, 5.41) is 10.7. The van der Waals surface area contributed by atoms with Gasteiger partial charge in [-0.1, -0.05) is 30.7 Å². The molecule has 1 atom stereocenters. The van der Waals surface area contributed by atoms with Gasteiger partial charge < -0.3 is 10.8 Å². The maximum Gasteiger partial charge on any atom is 0.0861 e. The molecule has 3 N–H and O–H groups in total. The Kier molecular flexibility index (Phi) is 2.72. The Balaban J connectivity index is 1.92. The van der Waals surface area contributed by atoms with E-state index >= 15 is 0 Å². The van der Waals surface area contributed by atoms with Gasteiger partial charge >= 0.3 is 0 Å². The van der Waals surface area contributed by atoms with Gasteiger partial charge in [0.2, 0.25) is 0 Å². The highest BCUT2D eigenvalue weighted by Gasteiger charge is 2.44. The van der Waals surface area contributed by atoms with E-state index in [1.54, 1.807) is 0 Å². The van der Waals surface area contributed by atoms with Crippen molar-refractivity contribution in [1.29, 1.82) is 0 Å². The maximum atomic E-state index is 10.7. The lowest BCUT2D eigenvalue weighted by molar-refractivity contribution is -0.0301. The number of hydrogen-bond acceptors (Lipinski definition) is 2. The molecule has 2 aliphatic carbocycles. The Morgan fingerprint density at radius 2 is 2.00 bits per heavy atom. The molecule has 0 aliphatic heterocycles. The molecular formula is C15H21NO. The molecule has 2 saturated carbocycles. The Morgan fingerprint density at radius 3 is 2.53 bits per heavy atom. The summed E-state index contributed by atoms with van der Waals surface area (Å²) in [6.45, 7) is 0.604. The van der Waals surface area contributed by atoms with E-state index in [-0.39, 0.29) is 11.5 Å². The van der Waals surface area contributed by atoms with Crippen molar-refractivity contribution in [3.63, 3.8) is 0 Å². The third-order valence-corrected chi connectivity index (χ3v) is 4.64. The van der Waals surface area contributed by atoms with Gasteiger partial charge in [-0.05, 0) is 42.7 Å². The second kappa shape index (κ2) is 4.11. The van der Waals surface area contributed by atoms with E-state index < -0.39 is 0 Å². The highest BCUT2D eigenvalue weighted by Crippen LogP contribution is 2.52. The van der Waals surface area contributed by atoms with Gasteiger partial charge in [0.05, 0.1) is 6.10 Å². The fourth-order valence-electron chi connectivity index (χ4n) is 3.08. The monoisotopic (exact) mass is 231 g/mol. The second-order valence-corrected chi connectivity index (χ2v) is 5.73. The molecule has 0 heterocycles. The Bertz CT molecular complexity index is 402. The summed E-state index contributed by atoms with van der Waals surface area (Å²) in [6, 6.07) is 8.39. The topological polar surface area (TPSA) is 46.2 Å². The first-order valence-electron chi connectivity index (χ1n) is 6.74. The zero-order valence-electron chi connectivity index (χ0n) is 10.2. The van der Waals surface area contributed by atoms with Crippen molar-refractivity contribution in [2.75, 3.05) is 6.54 Å². The van der Waals surface area contributed by atoms with Crippen LogP contribution in [0.25, 0.3) is 0 Å². The first-order chi connectivity index (χ1) is 8.27. The first kappa shape index (κ1) is 11.2. The molecule has 2 aliphatic rings. The van der Waals surface area contributed by atoms with Crippen molar-refractivity contribution in [2.24, 2.45) is 11.1 Å². The predicted molar refractivity (Wildman–Crippen MR) is 68.7 cm³/mol. The Morgan fingerprint density at radius 1 is 1.29 bits per heavy atom. The van der Waals surface area contributed by atoms with Crippen LogP contribution in [0.4, 0.5) is 0 Å². The number of aliphatic hydroxyl groups is 1. The molecular weight excluding hydrogens is 210 g/mol. The molecule has 92 valence electrons. The fraction of sp³-hybridized carbons (Fsp3) is 0.600. The fourth-order valence-corrected chi connectivity index (χ4v) is 3.08. The van der Waals surface area contributed by atoms with E-state index in [2.05, 4.69) is 18.2 Å². The van der Waals surface area contributed by atoms with Crippen LogP contribution in [-0.2, 0) is 0 Å². The Labute approximate surface area is 103 Å². The van der Waals surface area contributed by atoms with Crippen LogP contribution in [0.15, 0.2) is 24.3 Å². The van der Waals surface area contributed by atoms with Crippen LogP contribution in [0.3, 0.4) is 0 Å². The summed E-state index contributed by atoms with van der Waals surface area (Å²) in [6.07, 6.45) is 5.55. The van der Waals surface area contributed by atoms with Crippen molar-refractivity contribution in [3.8, 4) is 0 Å². The number of aliphatic hydroxyl groups excluding tert-OH is 1. The molecule has 0 amide bonds. The van der Waals surface area contributed by atoms with Crippen molar-refractivity contribution >= 4 is 0 Å². The number of benzene rings is 1. The SMILES string of the molecule is NCC1(C(O)c2ccccc2C2CC2)CCC1. The van der Waals surface area contributed by atoms with Gasteiger partial charge in [0.1, 0.15) is 0 Å². The molecule has 0 saturated heterocycles. The smallest absolute Gasteiger partial charge is 0.0861 e. The summed E-state index contributed by atoms with van der Waals surface area (Å²) >= 11 is 0. The molecule has 1 aromatic rings. The predicted octanol–water partition coefficient (Wildman–Crippen LogP) is 2.73. The zero-order chi connectivity index (χ0) is 11.9. The van der Waals surface area contributed by atoms with Crippen molar-refractivity contribution < 1.29 is 5.11 Å². The molecule has 2 heteroatoms. The standard InChI is InChI=1S/C15H21NO/c16-10-15(8-3-9-15)14(17)13-5-2-1-4-12(13)11-6-7-11/h1-2,4-5,11,14,17H,3,6-10,16H2. The molecule has 2 nitrogen and oxygen atoms in total. The van der Waals surface area contributed by atoms with E-state index in [1.165, 1.54) is 24.8 Å². The zero-order valence-corrected chi connectivity index (χ0v) is 10.2. The van der Waals surface area contributed by atoms with Gasteiger partial charge in [-0.15, -0.1) is 0 Å². The Hall–Kier alpha value is -0.860. The van der Waals surface area contributed by atoms with Crippen molar-refractivity contribution in [2.45, 2.75) is 44.1 Å². The van der Waals surface area contributed by atoms with Gasteiger partial charge in [0.15, 0.2) is 0 Å². The molecule has 1 unspecified atom stereocenters. The quantitative estimate of drug-likeness (QED) is 0.837. The second-order valence-electron chi connectivity index (χ2n) is 5.73. The lowest BCUT2D eigenvalue weighted by atomic mass is 9.63. The number of hydrogen-bond donors (Lipinski definition) is 2. The lowest BCUT2D eigenvalue weighted by Gasteiger charge is -2.45. The third kappa shape index (κ3) is 1.80. The number of nitrogens with two attached hydrogens (primary N) is 1. The van der Waals surface area contributed by atoms with Gasteiger partial charge in [-0.3, -0.25) is 0 Å². The van der Waals surface area contributed by atoms with E-state index in [4.69, 9.17) is 5.73 Å². The third-order valence-electron chi connectivity index (χ3n) is 4.64. The minimum atomic E-state index is -0.363. The molecule has 0 radical (unpaired) electrons. The molecule has 2 fully saturated rings. The summed E-state index contributed by atoms with van der Waals surface area (Å²) in [7, 11) is 0. The van der Waals surface area contributed by atoms with Gasteiger partial charge in [0.25, 0.3) is 0 Å². The molecule has 0 aromatic heterocycles. The summed E-state index contributed by atoms with van der Waals surface area (Å²) in [5.74, 6) is 0.691. The lowest BCUT2D eigenvalue weighted by Crippen LogP contribution is -2.42. The average Bonchev–Trinajstić information content (AvgIpc) is 3.12. The van der Waals surface area contributed by atoms with Crippen LogP contribution in [0.5, 0.6) is 0 Å². The van der Waals surface area contributed by atoms with Crippen LogP contribution in [0.1, 0.15) is 55.3 Å². The molecule has 3 rings (SSSR count). The van der Waals surface area contributed by atoms with E-state index in [0.717, 1.165) is 18.4 Å². The molecule has 1 aromatic carbocycles. The minimum absolute atomic E-state index is 0.0367. The highest BCUT2D eigenvalue weighted by atomic mass is 16.3. The number of rotatable bonds is 4. The summed E-state index contributed by atoms with van der Waals surface area (Å²) < 4.78 is 0. The van der Waals surface area contributed by atoms with Crippen LogP contribution < -0.4 is 5.73 Å². The first-order valence-corrected chi connectivity index (χ1v) is 6.74. The normalized spacial score (nSPS) is 24.1. The van der Waals surface area contributed by atoms with E-state index in [1.807, 2.05) is 6.07 Å². The summed E-state index contributed by atoms with van der Waals surface area (Å²) in [5.41, 5.74) is 8.35. The van der Waals surface area contributed by atoms with Crippen molar-refractivity contribution in [1.82, 2.24) is 0 Å². The molecule has 0 bridgehead atoms. The van der Waals surface area contributed by atoms with Gasteiger partial charge in [0, 0.05) is 12.0 Å². The van der Waals surface area contributed by atoms with Gasteiger partial charge in [-0.2, -0.15) is 0 Å². The van der Waals surface area contributed by atoms with Gasteiger partial charge in [-0.25, -0.2) is 0 Å². The highest BCUT2D eigenvalue weighted by molar-refractivity contribution is 5.36. The van der Waals surface area contributed by atoms with E-state index in [0.29, 0.717) is 12.5 Å². The maximum absolute atomic E-state index is 10.7. The largest absolute Gasteiger partial charge is 0.388 e. The van der Waals surface area contributed by atoms with Crippen LogP contribution in [0, 0.1) is 5.41 Å². The van der Waals surface area contributed by atoms with Crippen LogP contribution >= 0.6 is 0 Å². The van der Waals surface area contributed by atoms with Crippen molar-refractivity contribution in [3.05, 3.63) is 35.4 Å². The molecule has 17 heavy (non-hydrogen) atoms. The van der Waals surface area contributed by atoms with E-state index in [9.17, 15) is 5.11 Å². The minimum Gasteiger partial charge on any atom is -0.388 e.